The minimum atomic E-state index is 0.240. The number of anilines is 3. The summed E-state index contributed by atoms with van der Waals surface area (Å²) < 4.78 is 1.39. The Morgan fingerprint density at radius 3 is 2.44 bits per heavy atom. The number of nitrogens with one attached hydrogen (secondary N) is 2. The van der Waals surface area contributed by atoms with Crippen LogP contribution in [0.5, 0.6) is 0 Å². The Morgan fingerprint density at radius 1 is 0.880 bits per heavy atom. The minimum Gasteiger partial charge on any atom is -0.379 e. The summed E-state index contributed by atoms with van der Waals surface area (Å²) in [6.45, 7) is 2.15. The van der Waals surface area contributed by atoms with E-state index in [1.165, 1.54) is 10.2 Å². The van der Waals surface area contributed by atoms with Gasteiger partial charge in [0.25, 0.3) is 0 Å². The van der Waals surface area contributed by atoms with Crippen molar-refractivity contribution in [1.82, 2.24) is 25.3 Å². The highest BCUT2D eigenvalue weighted by Gasteiger charge is 2.05. The van der Waals surface area contributed by atoms with Crippen LogP contribution in [-0.4, -0.2) is 25.3 Å². The van der Waals surface area contributed by atoms with Gasteiger partial charge in [-0.1, -0.05) is 30.3 Å². The highest BCUT2D eigenvalue weighted by molar-refractivity contribution is 5.60. The Kier molecular flexibility index (Phi) is 3.96. The number of hydrogen-bond acceptors (Lipinski definition) is 6. The molecule has 2 aromatic carbocycles. The van der Waals surface area contributed by atoms with E-state index in [4.69, 9.17) is 0 Å². The van der Waals surface area contributed by atoms with Crippen molar-refractivity contribution in [2.24, 2.45) is 0 Å². The maximum absolute atomic E-state index is 4.29. The fourth-order valence-corrected chi connectivity index (χ4v) is 2.59. The largest absolute Gasteiger partial charge is 0.379 e. The van der Waals surface area contributed by atoms with E-state index in [-0.39, 0.29) is 6.04 Å². The van der Waals surface area contributed by atoms with Crippen molar-refractivity contribution in [2.75, 3.05) is 10.6 Å². The predicted molar refractivity (Wildman–Crippen MR) is 96.8 cm³/mol. The second-order valence-electron chi connectivity index (χ2n) is 5.72. The van der Waals surface area contributed by atoms with Gasteiger partial charge in [-0.2, -0.15) is 0 Å². The molecule has 0 aliphatic heterocycles. The second-order valence-corrected chi connectivity index (χ2v) is 5.72. The maximum Gasteiger partial charge on any atom is 0.200 e. The second kappa shape index (κ2) is 6.56. The Morgan fingerprint density at radius 2 is 1.64 bits per heavy atom. The van der Waals surface area contributed by atoms with Crippen LogP contribution < -0.4 is 10.6 Å². The van der Waals surface area contributed by atoms with E-state index in [9.17, 15) is 0 Å². The van der Waals surface area contributed by atoms with Gasteiger partial charge in [-0.25, -0.2) is 0 Å². The lowest BCUT2D eigenvalue weighted by molar-refractivity contribution is 0.736. The van der Waals surface area contributed by atoms with Gasteiger partial charge in [-0.05, 0) is 59.3 Å². The molecule has 2 aromatic heterocycles. The number of aromatic nitrogens is 5. The first-order valence-corrected chi connectivity index (χ1v) is 8.02. The molecule has 0 saturated heterocycles. The van der Waals surface area contributed by atoms with Gasteiger partial charge in [-0.15, -0.1) is 14.8 Å². The van der Waals surface area contributed by atoms with E-state index in [1.807, 2.05) is 42.5 Å². The number of fused-ring (bicyclic) bond motifs is 1. The smallest absolute Gasteiger partial charge is 0.200 e. The molecule has 0 radical (unpaired) electrons. The van der Waals surface area contributed by atoms with Crippen molar-refractivity contribution in [3.8, 4) is 0 Å². The van der Waals surface area contributed by atoms with E-state index >= 15 is 0 Å². The molecule has 2 N–H and O–H groups in total. The van der Waals surface area contributed by atoms with Crippen LogP contribution in [0.1, 0.15) is 18.5 Å². The molecule has 0 aliphatic rings. The summed E-state index contributed by atoms with van der Waals surface area (Å²) in [5.74, 6) is 0.679. The molecule has 0 spiro atoms. The molecule has 7 nitrogen and oxygen atoms in total. The van der Waals surface area contributed by atoms with Crippen LogP contribution in [0.2, 0.25) is 0 Å². The van der Waals surface area contributed by atoms with Gasteiger partial charge >= 0.3 is 0 Å². The third-order valence-corrected chi connectivity index (χ3v) is 3.91. The van der Waals surface area contributed by atoms with Crippen LogP contribution >= 0.6 is 0 Å². The number of hydrogen-bond donors (Lipinski definition) is 2. The molecule has 7 heteroatoms. The summed E-state index contributed by atoms with van der Waals surface area (Å²) in [5, 5.41) is 22.2. The van der Waals surface area contributed by atoms with Crippen molar-refractivity contribution in [1.29, 1.82) is 0 Å². The third kappa shape index (κ3) is 3.40. The van der Waals surface area contributed by atoms with Crippen molar-refractivity contribution in [2.45, 2.75) is 13.0 Å². The molecule has 0 aliphatic carbocycles. The van der Waals surface area contributed by atoms with Crippen LogP contribution in [0.15, 0.2) is 66.7 Å². The van der Waals surface area contributed by atoms with Gasteiger partial charge in [0.15, 0.2) is 11.5 Å². The highest BCUT2D eigenvalue weighted by atomic mass is 15.6. The first-order chi connectivity index (χ1) is 12.3. The lowest BCUT2D eigenvalue weighted by Crippen LogP contribution is -2.06. The van der Waals surface area contributed by atoms with Crippen LogP contribution in [0.3, 0.4) is 0 Å². The van der Waals surface area contributed by atoms with E-state index < -0.39 is 0 Å². The Labute approximate surface area is 144 Å². The predicted octanol–water partition coefficient (Wildman–Crippen LogP) is 3.44. The van der Waals surface area contributed by atoms with Crippen LogP contribution in [0.25, 0.3) is 5.65 Å². The zero-order valence-electron chi connectivity index (χ0n) is 13.7. The molecule has 0 bridgehead atoms. The molecular formula is C18H17N7. The topological polar surface area (TPSA) is 80.0 Å². The van der Waals surface area contributed by atoms with Gasteiger partial charge in [0.1, 0.15) is 0 Å². The molecule has 4 rings (SSSR count). The van der Waals surface area contributed by atoms with Gasteiger partial charge in [0.2, 0.25) is 0 Å². The SMILES string of the molecule is C[C@H](Nc1ccc(Nc2ccc3nnnn3n2)cc1)c1ccccc1. The number of benzene rings is 2. The van der Waals surface area contributed by atoms with E-state index in [0.29, 0.717) is 11.5 Å². The summed E-state index contributed by atoms with van der Waals surface area (Å²) in [5.41, 5.74) is 3.87. The van der Waals surface area contributed by atoms with Crippen molar-refractivity contribution in [3.05, 3.63) is 72.3 Å². The number of rotatable bonds is 5. The molecule has 2 heterocycles. The Hall–Kier alpha value is -3.48. The highest BCUT2D eigenvalue weighted by Crippen LogP contribution is 2.22. The fourth-order valence-electron chi connectivity index (χ4n) is 2.59. The molecule has 25 heavy (non-hydrogen) atoms. The molecule has 124 valence electrons. The van der Waals surface area contributed by atoms with Crippen molar-refractivity contribution < 1.29 is 0 Å². The monoisotopic (exact) mass is 331 g/mol. The van der Waals surface area contributed by atoms with Gasteiger partial charge in [0, 0.05) is 17.4 Å². The summed E-state index contributed by atoms with van der Waals surface area (Å²) in [7, 11) is 0. The minimum absolute atomic E-state index is 0.240. The van der Waals surface area contributed by atoms with Gasteiger partial charge < -0.3 is 10.6 Å². The number of nitrogens with zero attached hydrogens (tertiary/aromatic N) is 5. The van der Waals surface area contributed by atoms with Crippen molar-refractivity contribution in [3.63, 3.8) is 0 Å². The summed E-state index contributed by atoms with van der Waals surface area (Å²) >= 11 is 0. The standard InChI is InChI=1S/C18H17N7/c1-13(14-5-3-2-4-6-14)19-15-7-9-16(10-8-15)20-17-11-12-18-21-23-24-25(18)22-17/h2-13,19H,1H3,(H,20,22)/t13-/m0/s1. The zero-order chi connectivity index (χ0) is 17.1. The van der Waals surface area contributed by atoms with E-state index in [0.717, 1.165) is 11.4 Å². The van der Waals surface area contributed by atoms with Crippen LogP contribution in [0.4, 0.5) is 17.2 Å². The van der Waals surface area contributed by atoms with Crippen molar-refractivity contribution >= 4 is 22.8 Å². The summed E-state index contributed by atoms with van der Waals surface area (Å²) in [6, 6.07) is 22.3. The maximum atomic E-state index is 4.29. The third-order valence-electron chi connectivity index (χ3n) is 3.91. The molecule has 0 saturated carbocycles. The first-order valence-electron chi connectivity index (χ1n) is 8.02. The Balaban J connectivity index is 1.44. The first kappa shape index (κ1) is 15.1. The van der Waals surface area contributed by atoms with Gasteiger partial charge in [0.05, 0.1) is 0 Å². The lowest BCUT2D eigenvalue weighted by atomic mass is 10.1. The summed E-state index contributed by atoms with van der Waals surface area (Å²) in [6.07, 6.45) is 0. The van der Waals surface area contributed by atoms with E-state index in [1.54, 1.807) is 0 Å². The quantitative estimate of drug-likeness (QED) is 0.583. The molecular weight excluding hydrogens is 314 g/mol. The molecule has 0 amide bonds. The fraction of sp³-hybridized carbons (Fsp3) is 0.111. The summed E-state index contributed by atoms with van der Waals surface area (Å²) in [4.78, 5) is 0. The zero-order valence-corrected chi connectivity index (χ0v) is 13.7. The normalized spacial score (nSPS) is 12.0. The van der Waals surface area contributed by atoms with Crippen LogP contribution in [0, 0.1) is 0 Å². The molecule has 0 fully saturated rings. The van der Waals surface area contributed by atoms with Gasteiger partial charge in [-0.3, -0.25) is 0 Å². The molecule has 0 unspecified atom stereocenters. The van der Waals surface area contributed by atoms with Crippen LogP contribution in [-0.2, 0) is 0 Å². The number of tetrazole rings is 1. The average Bonchev–Trinajstić information content (AvgIpc) is 3.12. The lowest BCUT2D eigenvalue weighted by Gasteiger charge is -2.16. The molecule has 1 atom stereocenters. The Bertz CT molecular complexity index is 964. The average molecular weight is 331 g/mol. The molecule has 4 aromatic rings. The van der Waals surface area contributed by atoms with E-state index in [2.05, 4.69) is 62.4 Å².